The van der Waals surface area contributed by atoms with Gasteiger partial charge in [-0.05, 0) is 54.1 Å². The number of amides is 3. The minimum Gasteiger partial charge on any atom is -0.497 e. The second kappa shape index (κ2) is 13.2. The molecule has 0 unspecified atom stereocenters. The van der Waals surface area contributed by atoms with Crippen molar-refractivity contribution in [3.63, 3.8) is 0 Å². The van der Waals surface area contributed by atoms with E-state index >= 15 is 0 Å². The quantitative estimate of drug-likeness (QED) is 0.185. The number of ether oxygens (including phenoxy) is 1. The summed E-state index contributed by atoms with van der Waals surface area (Å²) in [6, 6.07) is 22.9. The molecule has 4 aromatic rings. The van der Waals surface area contributed by atoms with Crippen molar-refractivity contribution < 1.29 is 19.1 Å². The van der Waals surface area contributed by atoms with Crippen LogP contribution in [0.25, 0.3) is 6.08 Å². The molecule has 0 saturated heterocycles. The van der Waals surface area contributed by atoms with E-state index in [1.807, 2.05) is 12.1 Å². The van der Waals surface area contributed by atoms with Gasteiger partial charge in [0.15, 0.2) is 5.13 Å². The van der Waals surface area contributed by atoms with Crippen LogP contribution in [0.5, 0.6) is 5.75 Å². The van der Waals surface area contributed by atoms with Crippen molar-refractivity contribution in [2.45, 2.75) is 4.90 Å². The van der Waals surface area contributed by atoms with Gasteiger partial charge in [0.1, 0.15) is 11.4 Å². The number of thioether (sulfide) groups is 1. The van der Waals surface area contributed by atoms with Gasteiger partial charge in [0.2, 0.25) is 5.91 Å². The first-order chi connectivity index (χ1) is 18.5. The number of hydrogen-bond donors (Lipinski definition) is 3. The highest BCUT2D eigenvalue weighted by molar-refractivity contribution is 8.00. The lowest BCUT2D eigenvalue weighted by molar-refractivity contribution is -0.114. The number of anilines is 2. The highest BCUT2D eigenvalue weighted by Gasteiger charge is 2.15. The number of thiazole rings is 1. The molecule has 0 bridgehead atoms. The van der Waals surface area contributed by atoms with Crippen molar-refractivity contribution in [2.75, 3.05) is 23.5 Å². The fourth-order valence-corrected chi connectivity index (χ4v) is 4.56. The SMILES string of the molecule is COc1ccc(/C=C(/NC(=O)c2ccccc2)C(=O)Nc2cccc(SCC(=O)Nc3nccs3)c2)cc1. The molecule has 0 fully saturated rings. The summed E-state index contributed by atoms with van der Waals surface area (Å²) in [6.45, 7) is 0. The standard InChI is InChI=1S/C28H24N4O4S2/c1-36-22-12-10-19(11-13-22)16-24(31-26(34)20-6-3-2-4-7-20)27(35)30-21-8-5-9-23(17-21)38-18-25(33)32-28-29-14-15-37-28/h2-17H,18H2,1H3,(H,30,35)(H,31,34)(H,29,32,33)/b24-16+. The Kier molecular flexibility index (Phi) is 9.27. The molecule has 8 nitrogen and oxygen atoms in total. The molecule has 0 aliphatic heterocycles. The highest BCUT2D eigenvalue weighted by Crippen LogP contribution is 2.23. The van der Waals surface area contributed by atoms with E-state index in [0.29, 0.717) is 27.7 Å². The van der Waals surface area contributed by atoms with Crippen molar-refractivity contribution in [3.8, 4) is 5.75 Å². The molecule has 1 aromatic heterocycles. The van der Waals surface area contributed by atoms with E-state index < -0.39 is 11.8 Å². The summed E-state index contributed by atoms with van der Waals surface area (Å²) in [4.78, 5) is 43.1. The summed E-state index contributed by atoms with van der Waals surface area (Å²) in [5.41, 5.74) is 1.73. The average molecular weight is 545 g/mol. The Morgan fingerprint density at radius 2 is 1.76 bits per heavy atom. The van der Waals surface area contributed by atoms with Crippen LogP contribution in [0.15, 0.2) is 101 Å². The number of nitrogens with zero attached hydrogens (tertiary/aromatic N) is 1. The maximum atomic E-state index is 13.3. The van der Waals surface area contributed by atoms with Crippen molar-refractivity contribution in [1.29, 1.82) is 0 Å². The van der Waals surface area contributed by atoms with Gasteiger partial charge in [0, 0.05) is 27.7 Å². The topological polar surface area (TPSA) is 109 Å². The van der Waals surface area contributed by atoms with Gasteiger partial charge in [-0.15, -0.1) is 23.1 Å². The smallest absolute Gasteiger partial charge is 0.272 e. The van der Waals surface area contributed by atoms with E-state index in [2.05, 4.69) is 20.9 Å². The molecule has 10 heteroatoms. The minimum absolute atomic E-state index is 0.0740. The zero-order chi connectivity index (χ0) is 26.7. The molecule has 3 N–H and O–H groups in total. The molecule has 0 aliphatic rings. The number of aromatic nitrogens is 1. The van der Waals surface area contributed by atoms with E-state index in [4.69, 9.17) is 4.74 Å². The van der Waals surface area contributed by atoms with Crippen molar-refractivity contribution in [1.82, 2.24) is 10.3 Å². The van der Waals surface area contributed by atoms with Crippen LogP contribution in [0.3, 0.4) is 0 Å². The molecule has 3 amide bonds. The zero-order valence-corrected chi connectivity index (χ0v) is 22.0. The van der Waals surface area contributed by atoms with Crippen molar-refractivity contribution in [3.05, 3.63) is 107 Å². The Hall–Kier alpha value is -4.41. The van der Waals surface area contributed by atoms with Crippen LogP contribution in [-0.4, -0.2) is 35.6 Å². The number of nitrogens with one attached hydrogen (secondary N) is 3. The Labute approximate surface area is 228 Å². The number of carbonyl (C=O) groups excluding carboxylic acids is 3. The van der Waals surface area contributed by atoms with Gasteiger partial charge in [-0.1, -0.05) is 36.4 Å². The third-order valence-electron chi connectivity index (χ3n) is 5.10. The number of hydrogen-bond acceptors (Lipinski definition) is 7. The summed E-state index contributed by atoms with van der Waals surface area (Å²) in [5.74, 6) is -0.208. The molecule has 0 aliphatic carbocycles. The van der Waals surface area contributed by atoms with Gasteiger partial charge in [-0.2, -0.15) is 0 Å². The van der Waals surface area contributed by atoms with Crippen LogP contribution in [0.2, 0.25) is 0 Å². The lowest BCUT2D eigenvalue weighted by atomic mass is 10.1. The van der Waals surface area contributed by atoms with E-state index in [9.17, 15) is 14.4 Å². The van der Waals surface area contributed by atoms with Gasteiger partial charge in [0.05, 0.1) is 12.9 Å². The molecule has 0 atom stereocenters. The van der Waals surface area contributed by atoms with Gasteiger partial charge in [-0.3, -0.25) is 14.4 Å². The summed E-state index contributed by atoms with van der Waals surface area (Å²) in [7, 11) is 1.57. The predicted octanol–water partition coefficient (Wildman–Crippen LogP) is 5.29. The lowest BCUT2D eigenvalue weighted by Crippen LogP contribution is -2.30. The van der Waals surface area contributed by atoms with Gasteiger partial charge < -0.3 is 20.7 Å². The fourth-order valence-electron chi connectivity index (χ4n) is 3.26. The number of benzene rings is 3. The number of carbonyl (C=O) groups is 3. The summed E-state index contributed by atoms with van der Waals surface area (Å²) in [5, 5.41) is 10.6. The monoisotopic (exact) mass is 544 g/mol. The van der Waals surface area contributed by atoms with Crippen LogP contribution in [0.4, 0.5) is 10.8 Å². The second-order valence-corrected chi connectivity index (χ2v) is 9.75. The van der Waals surface area contributed by atoms with Crippen LogP contribution in [-0.2, 0) is 9.59 Å². The predicted molar refractivity (Wildman–Crippen MR) is 151 cm³/mol. The minimum atomic E-state index is -0.492. The maximum Gasteiger partial charge on any atom is 0.272 e. The molecule has 0 saturated carbocycles. The summed E-state index contributed by atoms with van der Waals surface area (Å²) in [6.07, 6.45) is 3.22. The van der Waals surface area contributed by atoms with E-state index in [1.165, 1.54) is 23.1 Å². The van der Waals surface area contributed by atoms with Crippen molar-refractivity contribution in [2.24, 2.45) is 0 Å². The van der Waals surface area contributed by atoms with Crippen LogP contribution >= 0.6 is 23.1 Å². The molecule has 192 valence electrons. The first-order valence-corrected chi connectivity index (χ1v) is 13.3. The Bertz CT molecular complexity index is 1420. The highest BCUT2D eigenvalue weighted by atomic mass is 32.2. The molecular formula is C28H24N4O4S2. The molecule has 3 aromatic carbocycles. The Morgan fingerprint density at radius 3 is 2.47 bits per heavy atom. The number of methoxy groups -OCH3 is 1. The van der Waals surface area contributed by atoms with Crippen LogP contribution in [0.1, 0.15) is 15.9 Å². The molecule has 1 heterocycles. The van der Waals surface area contributed by atoms with Crippen molar-refractivity contribution >= 4 is 57.7 Å². The first kappa shape index (κ1) is 26.6. The molecule has 4 rings (SSSR count). The van der Waals surface area contributed by atoms with Crippen LogP contribution in [0, 0.1) is 0 Å². The van der Waals surface area contributed by atoms with Gasteiger partial charge in [-0.25, -0.2) is 4.98 Å². The summed E-state index contributed by atoms with van der Waals surface area (Å²) >= 11 is 2.68. The van der Waals surface area contributed by atoms with Gasteiger partial charge in [0.25, 0.3) is 11.8 Å². The lowest BCUT2D eigenvalue weighted by Gasteiger charge is -2.12. The fraction of sp³-hybridized carbons (Fsp3) is 0.0714. The molecule has 38 heavy (non-hydrogen) atoms. The largest absolute Gasteiger partial charge is 0.497 e. The molecular weight excluding hydrogens is 520 g/mol. The molecule has 0 radical (unpaired) electrons. The average Bonchev–Trinajstić information content (AvgIpc) is 3.45. The Morgan fingerprint density at radius 1 is 0.974 bits per heavy atom. The van der Waals surface area contributed by atoms with Crippen LogP contribution < -0.4 is 20.7 Å². The van der Waals surface area contributed by atoms with E-state index in [0.717, 1.165) is 4.90 Å². The van der Waals surface area contributed by atoms with Gasteiger partial charge >= 0.3 is 0 Å². The maximum absolute atomic E-state index is 13.3. The van der Waals surface area contributed by atoms with E-state index in [1.54, 1.807) is 91.5 Å². The zero-order valence-electron chi connectivity index (χ0n) is 20.3. The van der Waals surface area contributed by atoms with E-state index in [-0.39, 0.29) is 17.4 Å². The summed E-state index contributed by atoms with van der Waals surface area (Å²) < 4.78 is 5.20. The Balaban J connectivity index is 1.47. The normalized spacial score (nSPS) is 10.9. The first-order valence-electron chi connectivity index (χ1n) is 11.5. The molecule has 0 spiro atoms. The third kappa shape index (κ3) is 7.79. The number of rotatable bonds is 10. The third-order valence-corrected chi connectivity index (χ3v) is 6.78. The second-order valence-electron chi connectivity index (χ2n) is 7.81.